The van der Waals surface area contributed by atoms with Gasteiger partial charge in [0.25, 0.3) is 0 Å². The molecule has 0 atom stereocenters. The lowest BCUT2D eigenvalue weighted by Crippen LogP contribution is -2.01. The van der Waals surface area contributed by atoms with E-state index in [0.29, 0.717) is 33.7 Å². The summed E-state index contributed by atoms with van der Waals surface area (Å²) in [4.78, 5) is 12.4. The van der Waals surface area contributed by atoms with E-state index in [4.69, 9.17) is 10.5 Å². The number of nitrogen functional groups attached to an aromatic ring is 1. The number of halogens is 1. The molecule has 0 spiro atoms. The number of aromatic nitrogens is 3. The summed E-state index contributed by atoms with van der Waals surface area (Å²) in [5.74, 6) is 2.39. The van der Waals surface area contributed by atoms with Gasteiger partial charge in [-0.05, 0) is 28.8 Å². The predicted molar refractivity (Wildman–Crippen MR) is 77.3 cm³/mol. The SMILES string of the molecule is Cc1ncc(Oc2cc(Br)ncc2C(C)C)c(N)n1. The largest absolute Gasteiger partial charge is 0.451 e. The maximum Gasteiger partial charge on any atom is 0.187 e. The Balaban J connectivity index is 2.39. The molecule has 2 rings (SSSR count). The average Bonchev–Trinajstić information content (AvgIpc) is 2.32. The molecule has 5 nitrogen and oxygen atoms in total. The van der Waals surface area contributed by atoms with E-state index in [9.17, 15) is 0 Å². The number of ether oxygens (including phenoxy) is 1. The maximum atomic E-state index is 5.83. The number of nitrogens with zero attached hydrogens (tertiary/aromatic N) is 3. The second-order valence-electron chi connectivity index (χ2n) is 4.47. The number of nitrogens with two attached hydrogens (primary N) is 1. The zero-order valence-corrected chi connectivity index (χ0v) is 12.6. The van der Waals surface area contributed by atoms with Gasteiger partial charge in [-0.3, -0.25) is 0 Å². The van der Waals surface area contributed by atoms with Crippen molar-refractivity contribution in [3.05, 3.63) is 34.5 Å². The van der Waals surface area contributed by atoms with Gasteiger partial charge in [0.15, 0.2) is 11.6 Å². The van der Waals surface area contributed by atoms with Gasteiger partial charge >= 0.3 is 0 Å². The van der Waals surface area contributed by atoms with Gasteiger partial charge in [0.05, 0.1) is 6.20 Å². The third-order valence-electron chi connectivity index (χ3n) is 2.61. The summed E-state index contributed by atoms with van der Waals surface area (Å²) in [6, 6.07) is 1.81. The van der Waals surface area contributed by atoms with Gasteiger partial charge in [-0.2, -0.15) is 0 Å². The third kappa shape index (κ3) is 3.20. The number of hydrogen-bond acceptors (Lipinski definition) is 5. The highest BCUT2D eigenvalue weighted by molar-refractivity contribution is 9.10. The molecule has 2 heterocycles. The van der Waals surface area contributed by atoms with Crippen LogP contribution in [0.4, 0.5) is 5.82 Å². The van der Waals surface area contributed by atoms with Crippen LogP contribution < -0.4 is 10.5 Å². The Kier molecular flexibility index (Phi) is 3.99. The van der Waals surface area contributed by atoms with Gasteiger partial charge in [0.1, 0.15) is 16.2 Å². The Hall–Kier alpha value is -1.69. The Morgan fingerprint density at radius 2 is 1.95 bits per heavy atom. The number of aryl methyl sites for hydroxylation is 1. The van der Waals surface area contributed by atoms with Crippen LogP contribution in [0.3, 0.4) is 0 Å². The van der Waals surface area contributed by atoms with Gasteiger partial charge in [-0.1, -0.05) is 13.8 Å². The highest BCUT2D eigenvalue weighted by Gasteiger charge is 2.12. The monoisotopic (exact) mass is 322 g/mol. The molecule has 2 N–H and O–H groups in total. The molecular formula is C13H15BrN4O. The van der Waals surface area contributed by atoms with Crippen LogP contribution in [0.25, 0.3) is 0 Å². The molecule has 0 saturated carbocycles. The van der Waals surface area contributed by atoms with Crippen molar-refractivity contribution >= 4 is 21.7 Å². The molecule has 100 valence electrons. The first-order valence-corrected chi connectivity index (χ1v) is 6.69. The molecule has 2 aromatic heterocycles. The Labute approximate surface area is 120 Å². The molecule has 0 aliphatic rings. The van der Waals surface area contributed by atoms with Crippen molar-refractivity contribution in [1.29, 1.82) is 0 Å². The summed E-state index contributed by atoms with van der Waals surface area (Å²) >= 11 is 3.34. The molecule has 0 radical (unpaired) electrons. The van der Waals surface area contributed by atoms with Gasteiger partial charge in [-0.25, -0.2) is 15.0 Å². The minimum absolute atomic E-state index is 0.295. The predicted octanol–water partition coefficient (Wildman–Crippen LogP) is 3.44. The van der Waals surface area contributed by atoms with Crippen molar-refractivity contribution in [1.82, 2.24) is 15.0 Å². The van der Waals surface area contributed by atoms with Gasteiger partial charge in [0, 0.05) is 17.8 Å². The third-order valence-corrected chi connectivity index (χ3v) is 3.04. The number of pyridine rings is 1. The van der Waals surface area contributed by atoms with E-state index in [1.165, 1.54) is 0 Å². The fourth-order valence-corrected chi connectivity index (χ4v) is 1.93. The van der Waals surface area contributed by atoms with E-state index < -0.39 is 0 Å². The molecule has 6 heteroatoms. The van der Waals surface area contributed by atoms with Crippen molar-refractivity contribution in [2.45, 2.75) is 26.7 Å². The van der Waals surface area contributed by atoms with Crippen LogP contribution in [0, 0.1) is 6.92 Å². The average molecular weight is 323 g/mol. The van der Waals surface area contributed by atoms with Crippen LogP contribution in [-0.4, -0.2) is 15.0 Å². The first kappa shape index (κ1) is 13.7. The summed E-state index contributed by atoms with van der Waals surface area (Å²) in [6.07, 6.45) is 3.37. The van der Waals surface area contributed by atoms with Gasteiger partial charge < -0.3 is 10.5 Å². The maximum absolute atomic E-state index is 5.83. The van der Waals surface area contributed by atoms with Crippen molar-refractivity contribution in [3.8, 4) is 11.5 Å². The van der Waals surface area contributed by atoms with E-state index in [1.54, 1.807) is 19.3 Å². The van der Waals surface area contributed by atoms with Crippen LogP contribution in [0.15, 0.2) is 23.1 Å². The number of hydrogen-bond donors (Lipinski definition) is 1. The fraction of sp³-hybridized carbons (Fsp3) is 0.308. The molecular weight excluding hydrogens is 308 g/mol. The number of anilines is 1. The van der Waals surface area contributed by atoms with Crippen LogP contribution in [0.1, 0.15) is 31.2 Å². The summed E-state index contributed by atoms with van der Waals surface area (Å²) in [5, 5.41) is 0. The molecule has 0 aromatic carbocycles. The summed E-state index contributed by atoms with van der Waals surface area (Å²) in [6.45, 7) is 5.93. The van der Waals surface area contributed by atoms with Crippen molar-refractivity contribution in [3.63, 3.8) is 0 Å². The summed E-state index contributed by atoms with van der Waals surface area (Å²) in [5.41, 5.74) is 6.83. The lowest BCUT2D eigenvalue weighted by atomic mass is 10.1. The molecule has 2 aromatic rings. The summed E-state index contributed by atoms with van der Waals surface area (Å²) in [7, 11) is 0. The van der Waals surface area contributed by atoms with Crippen molar-refractivity contribution in [2.75, 3.05) is 5.73 Å². The normalized spacial score (nSPS) is 10.8. The first-order valence-electron chi connectivity index (χ1n) is 5.89. The number of rotatable bonds is 3. The first-order chi connectivity index (χ1) is 8.97. The van der Waals surface area contributed by atoms with E-state index in [-0.39, 0.29) is 0 Å². The second-order valence-corrected chi connectivity index (χ2v) is 5.28. The molecule has 0 amide bonds. The zero-order valence-electron chi connectivity index (χ0n) is 11.0. The van der Waals surface area contributed by atoms with Crippen LogP contribution in [-0.2, 0) is 0 Å². The molecule has 0 saturated heterocycles. The lowest BCUT2D eigenvalue weighted by Gasteiger charge is -2.14. The quantitative estimate of drug-likeness (QED) is 0.876. The summed E-state index contributed by atoms with van der Waals surface area (Å²) < 4.78 is 6.52. The van der Waals surface area contributed by atoms with Crippen molar-refractivity contribution < 1.29 is 4.74 Å². The van der Waals surface area contributed by atoms with E-state index in [1.807, 2.05) is 6.07 Å². The van der Waals surface area contributed by atoms with Crippen LogP contribution in [0.5, 0.6) is 11.5 Å². The molecule has 0 aliphatic heterocycles. The van der Waals surface area contributed by atoms with Crippen LogP contribution in [0.2, 0.25) is 0 Å². The highest BCUT2D eigenvalue weighted by Crippen LogP contribution is 2.33. The van der Waals surface area contributed by atoms with E-state index >= 15 is 0 Å². The van der Waals surface area contributed by atoms with E-state index in [0.717, 1.165) is 5.56 Å². The Morgan fingerprint density at radius 1 is 1.21 bits per heavy atom. The smallest absolute Gasteiger partial charge is 0.187 e. The highest BCUT2D eigenvalue weighted by atomic mass is 79.9. The molecule has 0 bridgehead atoms. The topological polar surface area (TPSA) is 73.9 Å². The van der Waals surface area contributed by atoms with Crippen LogP contribution >= 0.6 is 15.9 Å². The zero-order chi connectivity index (χ0) is 14.0. The molecule has 0 unspecified atom stereocenters. The second kappa shape index (κ2) is 5.52. The minimum Gasteiger partial charge on any atom is -0.451 e. The lowest BCUT2D eigenvalue weighted by molar-refractivity contribution is 0.469. The molecule has 0 fully saturated rings. The Bertz CT molecular complexity index is 601. The molecule has 0 aliphatic carbocycles. The standard InChI is InChI=1S/C13H15BrN4O/c1-7(2)9-5-17-12(14)4-10(9)19-11-6-16-8(3)18-13(11)15/h4-7H,1-3H3,(H2,15,16,18). The fourth-order valence-electron chi connectivity index (χ4n) is 1.62. The van der Waals surface area contributed by atoms with Gasteiger partial charge in [-0.15, -0.1) is 0 Å². The van der Waals surface area contributed by atoms with Crippen molar-refractivity contribution in [2.24, 2.45) is 0 Å². The minimum atomic E-state index is 0.295. The van der Waals surface area contributed by atoms with Gasteiger partial charge in [0.2, 0.25) is 0 Å². The van der Waals surface area contributed by atoms with E-state index in [2.05, 4.69) is 44.7 Å². The molecule has 19 heavy (non-hydrogen) atoms. The Morgan fingerprint density at radius 3 is 2.58 bits per heavy atom.